The number of rotatable bonds is 15. The lowest BCUT2D eigenvalue weighted by Gasteiger charge is -2.36. The molecule has 0 aliphatic rings. The normalized spacial score (nSPS) is 12.2. The zero-order valence-corrected chi connectivity index (χ0v) is 27.3. The minimum absolute atomic E-state index is 0.177. The molecule has 0 N–H and O–H groups in total. The van der Waals surface area contributed by atoms with Gasteiger partial charge in [0.05, 0.1) is 27.2 Å². The van der Waals surface area contributed by atoms with Gasteiger partial charge in [-0.25, -0.2) is 0 Å². The van der Waals surface area contributed by atoms with Gasteiger partial charge in [0.2, 0.25) is 0 Å². The number of aryl methyl sites for hydroxylation is 1. The Balaban J connectivity index is 1.63. The number of aromatic nitrogens is 1. The van der Waals surface area contributed by atoms with E-state index in [4.69, 9.17) is 18.6 Å². The molecular formula is C34H47NO6Si. The summed E-state index contributed by atoms with van der Waals surface area (Å²) in [6, 6.07) is 14.2. The quantitative estimate of drug-likeness (QED) is 0.0779. The van der Waals surface area contributed by atoms with Crippen LogP contribution >= 0.6 is 0 Å². The summed E-state index contributed by atoms with van der Waals surface area (Å²) in [5, 5.41) is 1.24. The van der Waals surface area contributed by atoms with Crippen LogP contribution in [0.25, 0.3) is 23.1 Å². The van der Waals surface area contributed by atoms with Crippen LogP contribution in [-0.4, -0.2) is 52.3 Å². The molecule has 0 unspecified atom stereocenters. The van der Waals surface area contributed by atoms with Crippen LogP contribution in [0.4, 0.5) is 0 Å². The van der Waals surface area contributed by atoms with Crippen molar-refractivity contribution in [1.82, 2.24) is 4.57 Å². The molecular weight excluding hydrogens is 546 g/mol. The van der Waals surface area contributed by atoms with Gasteiger partial charge in [-0.15, -0.1) is 0 Å². The van der Waals surface area contributed by atoms with E-state index in [-0.39, 0.29) is 23.4 Å². The van der Waals surface area contributed by atoms with Gasteiger partial charge in [0.25, 0.3) is 0 Å². The first-order valence-electron chi connectivity index (χ1n) is 14.7. The molecule has 8 heteroatoms. The standard InChI is InChI=1S/C34H47NO6Si/c1-34(2,3)42(6,7)41-23-9-8-22-40-29-19-16-26(17-20-29)15-18-27-12-10-13-30-33(27)28(24-32(37)39-5)25-35(30)21-11-14-31(36)38-4/h10,12-13,15-20,25H,8-9,11,14,21-24H2,1-7H3. The Morgan fingerprint density at radius 1 is 0.881 bits per heavy atom. The first kappa shape index (κ1) is 33.1. The fraction of sp³-hybridized carbons (Fsp3) is 0.471. The lowest BCUT2D eigenvalue weighted by molar-refractivity contribution is -0.141. The Morgan fingerprint density at radius 3 is 2.24 bits per heavy atom. The van der Waals surface area contributed by atoms with Gasteiger partial charge >= 0.3 is 11.9 Å². The molecule has 0 atom stereocenters. The highest BCUT2D eigenvalue weighted by Gasteiger charge is 2.36. The lowest BCUT2D eigenvalue weighted by Crippen LogP contribution is -2.41. The van der Waals surface area contributed by atoms with E-state index in [9.17, 15) is 9.59 Å². The van der Waals surface area contributed by atoms with Gasteiger partial charge in [0.15, 0.2) is 8.32 Å². The zero-order valence-electron chi connectivity index (χ0n) is 26.3. The molecule has 0 aliphatic heterocycles. The molecule has 3 aromatic rings. The van der Waals surface area contributed by atoms with Crippen molar-refractivity contribution in [2.45, 2.75) is 77.6 Å². The monoisotopic (exact) mass is 593 g/mol. The fourth-order valence-corrected chi connectivity index (χ4v) is 5.54. The Hall–Kier alpha value is -3.36. The van der Waals surface area contributed by atoms with E-state index in [1.165, 1.54) is 14.2 Å². The van der Waals surface area contributed by atoms with Gasteiger partial charge in [-0.2, -0.15) is 0 Å². The van der Waals surface area contributed by atoms with Gasteiger partial charge < -0.3 is 23.2 Å². The number of fused-ring (bicyclic) bond motifs is 1. The largest absolute Gasteiger partial charge is 0.494 e. The van der Waals surface area contributed by atoms with Crippen LogP contribution in [0, 0.1) is 0 Å². The molecule has 3 rings (SSSR count). The van der Waals surface area contributed by atoms with Gasteiger partial charge in [-0.05, 0) is 72.3 Å². The maximum absolute atomic E-state index is 12.2. The van der Waals surface area contributed by atoms with Gasteiger partial charge in [-0.1, -0.05) is 57.2 Å². The van der Waals surface area contributed by atoms with Crippen LogP contribution in [-0.2, 0) is 36.5 Å². The summed E-state index contributed by atoms with van der Waals surface area (Å²) < 4.78 is 24.0. The second-order valence-electron chi connectivity index (χ2n) is 12.1. The van der Waals surface area contributed by atoms with Crippen molar-refractivity contribution in [3.05, 3.63) is 65.4 Å². The van der Waals surface area contributed by atoms with E-state index in [0.29, 0.717) is 26.0 Å². The van der Waals surface area contributed by atoms with Gasteiger partial charge in [0.1, 0.15) is 5.75 Å². The van der Waals surface area contributed by atoms with E-state index in [1.807, 2.05) is 48.7 Å². The fourth-order valence-electron chi connectivity index (χ4n) is 4.45. The third kappa shape index (κ3) is 9.33. The Kier molecular flexibility index (Phi) is 12.0. The molecule has 0 saturated carbocycles. The molecule has 2 aromatic carbocycles. The van der Waals surface area contributed by atoms with Crippen molar-refractivity contribution in [3.63, 3.8) is 0 Å². The van der Waals surface area contributed by atoms with E-state index >= 15 is 0 Å². The Bertz CT molecular complexity index is 1350. The first-order valence-corrected chi connectivity index (χ1v) is 17.7. The molecule has 0 amide bonds. The summed E-state index contributed by atoms with van der Waals surface area (Å²) in [7, 11) is 1.11. The molecule has 42 heavy (non-hydrogen) atoms. The van der Waals surface area contributed by atoms with Crippen molar-refractivity contribution < 1.29 is 28.2 Å². The van der Waals surface area contributed by atoms with Crippen LogP contribution in [0.5, 0.6) is 5.75 Å². The maximum Gasteiger partial charge on any atom is 0.310 e. The minimum Gasteiger partial charge on any atom is -0.494 e. The molecule has 228 valence electrons. The maximum atomic E-state index is 12.2. The third-order valence-corrected chi connectivity index (χ3v) is 12.5. The highest BCUT2D eigenvalue weighted by atomic mass is 28.4. The van der Waals surface area contributed by atoms with Crippen LogP contribution in [0.15, 0.2) is 48.7 Å². The first-order chi connectivity index (χ1) is 19.9. The SMILES string of the molecule is COC(=O)CCCn1cc(CC(=O)OC)c2c(C=Cc3ccc(OCCCCO[Si](C)(C)C(C)(C)C)cc3)cccc21. The molecule has 7 nitrogen and oxygen atoms in total. The number of hydrogen-bond donors (Lipinski definition) is 0. The van der Waals surface area contributed by atoms with Crippen molar-refractivity contribution in [2.75, 3.05) is 27.4 Å². The van der Waals surface area contributed by atoms with Gasteiger partial charge in [-0.3, -0.25) is 9.59 Å². The van der Waals surface area contributed by atoms with Crippen molar-refractivity contribution in [2.24, 2.45) is 0 Å². The number of ether oxygens (including phenoxy) is 3. The molecule has 0 bridgehead atoms. The number of methoxy groups -OCH3 is 2. The lowest BCUT2D eigenvalue weighted by atomic mass is 10.0. The molecule has 1 heterocycles. The van der Waals surface area contributed by atoms with E-state index in [1.54, 1.807) is 0 Å². The highest BCUT2D eigenvalue weighted by molar-refractivity contribution is 6.74. The number of carbonyl (C=O) groups is 2. The van der Waals surface area contributed by atoms with Crippen molar-refractivity contribution in [1.29, 1.82) is 0 Å². The number of benzene rings is 2. The second-order valence-corrected chi connectivity index (χ2v) is 16.9. The van der Waals surface area contributed by atoms with E-state index in [0.717, 1.165) is 52.8 Å². The number of carbonyl (C=O) groups excluding carboxylic acids is 2. The molecule has 1 aromatic heterocycles. The molecule has 0 spiro atoms. The summed E-state index contributed by atoms with van der Waals surface area (Å²) in [6.45, 7) is 13.5. The van der Waals surface area contributed by atoms with Crippen LogP contribution in [0.1, 0.15) is 63.1 Å². The number of unbranched alkanes of at least 4 members (excludes halogenated alkanes) is 1. The van der Waals surface area contributed by atoms with E-state index in [2.05, 4.69) is 50.6 Å². The van der Waals surface area contributed by atoms with E-state index < -0.39 is 8.32 Å². The highest BCUT2D eigenvalue weighted by Crippen LogP contribution is 2.36. The van der Waals surface area contributed by atoms with Gasteiger partial charge in [0, 0.05) is 36.7 Å². The number of nitrogens with zero attached hydrogens (tertiary/aromatic N) is 1. The molecule has 0 saturated heterocycles. The number of esters is 2. The predicted molar refractivity (Wildman–Crippen MR) is 172 cm³/mol. The summed E-state index contributed by atoms with van der Waals surface area (Å²) >= 11 is 0. The molecule has 0 fully saturated rings. The second kappa shape index (κ2) is 15.2. The zero-order chi connectivity index (χ0) is 30.8. The van der Waals surface area contributed by atoms with Crippen LogP contribution in [0.2, 0.25) is 18.1 Å². The number of hydrogen-bond acceptors (Lipinski definition) is 6. The Labute approximate surface area is 251 Å². The van der Waals surface area contributed by atoms with Crippen LogP contribution in [0.3, 0.4) is 0 Å². The average molecular weight is 594 g/mol. The Morgan fingerprint density at radius 2 is 1.57 bits per heavy atom. The predicted octanol–water partition coefficient (Wildman–Crippen LogP) is 7.66. The van der Waals surface area contributed by atoms with Crippen molar-refractivity contribution in [3.8, 4) is 5.75 Å². The summed E-state index contributed by atoms with van der Waals surface area (Å²) in [4.78, 5) is 23.8. The molecule has 0 radical (unpaired) electrons. The summed E-state index contributed by atoms with van der Waals surface area (Å²) in [6.07, 6.45) is 9.23. The topological polar surface area (TPSA) is 76.0 Å². The smallest absolute Gasteiger partial charge is 0.310 e. The average Bonchev–Trinajstić information content (AvgIpc) is 3.31. The third-order valence-electron chi connectivity index (χ3n) is 8.00. The summed E-state index contributed by atoms with van der Waals surface area (Å²) in [5.74, 6) is 0.332. The molecule has 0 aliphatic carbocycles. The minimum atomic E-state index is -1.69. The van der Waals surface area contributed by atoms with Crippen molar-refractivity contribution >= 4 is 43.3 Å². The summed E-state index contributed by atoms with van der Waals surface area (Å²) in [5.41, 5.74) is 3.97. The van der Waals surface area contributed by atoms with Crippen LogP contribution < -0.4 is 4.74 Å².